The predicted octanol–water partition coefficient (Wildman–Crippen LogP) is 2.69. The lowest BCUT2D eigenvalue weighted by Crippen LogP contribution is -2.37. The maximum Gasteiger partial charge on any atom is 0.119 e. The Labute approximate surface area is 139 Å². The van der Waals surface area contributed by atoms with Crippen LogP contribution >= 0.6 is 15.9 Å². The van der Waals surface area contributed by atoms with E-state index in [1.807, 2.05) is 59.5 Å². The summed E-state index contributed by atoms with van der Waals surface area (Å²) in [6.45, 7) is 1.12. The van der Waals surface area contributed by atoms with Crippen LogP contribution < -0.4 is 9.64 Å². The van der Waals surface area contributed by atoms with Crippen LogP contribution in [-0.4, -0.2) is 42.6 Å². The fourth-order valence-electron chi connectivity index (χ4n) is 2.12. The predicted molar refractivity (Wildman–Crippen MR) is 91.4 cm³/mol. The van der Waals surface area contributed by atoms with Gasteiger partial charge in [-0.2, -0.15) is 0 Å². The van der Waals surface area contributed by atoms with Crippen molar-refractivity contribution in [3.8, 4) is 5.75 Å². The number of anilines is 1. The molecule has 1 atom stereocenters. The van der Waals surface area contributed by atoms with Gasteiger partial charge in [0.05, 0.1) is 6.61 Å². The lowest BCUT2D eigenvalue weighted by atomic mass is 10.2. The second-order valence-electron chi connectivity index (χ2n) is 4.92. The first-order valence-electron chi connectivity index (χ1n) is 7.16. The molecule has 0 fully saturated rings. The van der Waals surface area contributed by atoms with E-state index in [9.17, 15) is 10.2 Å². The van der Waals surface area contributed by atoms with Gasteiger partial charge in [-0.3, -0.25) is 0 Å². The van der Waals surface area contributed by atoms with Gasteiger partial charge in [-0.05, 0) is 36.4 Å². The zero-order valence-corrected chi connectivity index (χ0v) is 13.8. The summed E-state index contributed by atoms with van der Waals surface area (Å²) in [4.78, 5) is 1.94. The summed E-state index contributed by atoms with van der Waals surface area (Å²) in [5.74, 6) is 0.718. The highest BCUT2D eigenvalue weighted by atomic mass is 79.9. The van der Waals surface area contributed by atoms with Crippen LogP contribution in [0, 0.1) is 0 Å². The molecule has 118 valence electrons. The SMILES string of the molecule is OCCN(CC(O)COc1ccc(Br)cc1)c1ccccc1. The Hall–Kier alpha value is -1.56. The Kier molecular flexibility index (Phi) is 6.71. The molecule has 2 N–H and O–H groups in total. The average molecular weight is 366 g/mol. The summed E-state index contributed by atoms with van der Waals surface area (Å²) in [6, 6.07) is 17.2. The zero-order valence-electron chi connectivity index (χ0n) is 12.2. The number of aliphatic hydroxyl groups excluding tert-OH is 2. The molecule has 0 radical (unpaired) electrons. The number of hydrogen-bond donors (Lipinski definition) is 2. The molecule has 2 rings (SSSR count). The highest BCUT2D eigenvalue weighted by molar-refractivity contribution is 9.10. The van der Waals surface area contributed by atoms with Crippen LogP contribution in [0.15, 0.2) is 59.1 Å². The van der Waals surface area contributed by atoms with Crippen LogP contribution in [0.4, 0.5) is 5.69 Å². The minimum Gasteiger partial charge on any atom is -0.491 e. The summed E-state index contributed by atoms with van der Waals surface area (Å²) in [7, 11) is 0. The second-order valence-corrected chi connectivity index (χ2v) is 5.84. The Morgan fingerprint density at radius 2 is 1.73 bits per heavy atom. The molecule has 0 aliphatic carbocycles. The van der Waals surface area contributed by atoms with Crippen molar-refractivity contribution >= 4 is 21.6 Å². The van der Waals surface area contributed by atoms with Gasteiger partial charge >= 0.3 is 0 Å². The quantitative estimate of drug-likeness (QED) is 0.754. The van der Waals surface area contributed by atoms with Crippen LogP contribution in [0.3, 0.4) is 0 Å². The van der Waals surface area contributed by atoms with E-state index < -0.39 is 6.10 Å². The summed E-state index contributed by atoms with van der Waals surface area (Å²) in [6.07, 6.45) is -0.643. The van der Waals surface area contributed by atoms with Crippen LogP contribution in [0.2, 0.25) is 0 Å². The van der Waals surface area contributed by atoms with Crippen molar-refractivity contribution in [1.29, 1.82) is 0 Å². The highest BCUT2D eigenvalue weighted by Crippen LogP contribution is 2.17. The van der Waals surface area contributed by atoms with Gasteiger partial charge in [-0.25, -0.2) is 0 Å². The molecule has 0 saturated carbocycles. The van der Waals surface area contributed by atoms with Crippen molar-refractivity contribution in [3.05, 3.63) is 59.1 Å². The Bertz CT molecular complexity index is 548. The molecule has 0 saturated heterocycles. The van der Waals surface area contributed by atoms with Gasteiger partial charge in [-0.15, -0.1) is 0 Å². The third-order valence-corrected chi connectivity index (χ3v) is 3.71. The average Bonchev–Trinajstić information content (AvgIpc) is 2.55. The van der Waals surface area contributed by atoms with Crippen molar-refractivity contribution in [2.75, 3.05) is 31.2 Å². The molecular formula is C17H20BrNO3. The topological polar surface area (TPSA) is 52.9 Å². The molecule has 22 heavy (non-hydrogen) atoms. The Balaban J connectivity index is 1.88. The van der Waals surface area contributed by atoms with Gasteiger partial charge in [-0.1, -0.05) is 34.1 Å². The third-order valence-electron chi connectivity index (χ3n) is 3.18. The first kappa shape index (κ1) is 16.8. The number of hydrogen-bond acceptors (Lipinski definition) is 4. The molecule has 5 heteroatoms. The van der Waals surface area contributed by atoms with Crippen molar-refractivity contribution in [1.82, 2.24) is 0 Å². The van der Waals surface area contributed by atoms with Crippen LogP contribution in [-0.2, 0) is 0 Å². The van der Waals surface area contributed by atoms with Crippen LogP contribution in [0.1, 0.15) is 0 Å². The van der Waals surface area contributed by atoms with E-state index in [4.69, 9.17) is 4.74 Å². The van der Waals surface area contributed by atoms with Crippen molar-refractivity contribution in [2.45, 2.75) is 6.10 Å². The Morgan fingerprint density at radius 3 is 2.36 bits per heavy atom. The number of ether oxygens (including phenoxy) is 1. The second kappa shape index (κ2) is 8.78. The standard InChI is InChI=1S/C17H20BrNO3/c18-14-6-8-17(9-7-14)22-13-16(21)12-19(10-11-20)15-4-2-1-3-5-15/h1-9,16,20-21H,10-13H2. The molecule has 0 aliphatic heterocycles. The van der Waals surface area contributed by atoms with E-state index in [1.165, 1.54) is 0 Å². The normalized spacial score (nSPS) is 12.0. The number of rotatable bonds is 8. The monoisotopic (exact) mass is 365 g/mol. The van der Waals surface area contributed by atoms with E-state index in [0.717, 1.165) is 15.9 Å². The zero-order chi connectivity index (χ0) is 15.8. The fourth-order valence-corrected chi connectivity index (χ4v) is 2.38. The number of benzene rings is 2. The Morgan fingerprint density at radius 1 is 1.05 bits per heavy atom. The smallest absolute Gasteiger partial charge is 0.119 e. The maximum atomic E-state index is 10.2. The first-order valence-corrected chi connectivity index (χ1v) is 7.95. The molecular weight excluding hydrogens is 346 g/mol. The van der Waals surface area contributed by atoms with Gasteiger partial charge < -0.3 is 19.8 Å². The lowest BCUT2D eigenvalue weighted by Gasteiger charge is -2.26. The van der Waals surface area contributed by atoms with Crippen molar-refractivity contribution < 1.29 is 14.9 Å². The molecule has 2 aromatic carbocycles. The molecule has 0 heterocycles. The number of halogens is 1. The summed E-state index contributed by atoms with van der Waals surface area (Å²) in [5, 5.41) is 19.4. The highest BCUT2D eigenvalue weighted by Gasteiger charge is 2.13. The van der Waals surface area contributed by atoms with E-state index in [1.54, 1.807) is 0 Å². The fraction of sp³-hybridized carbons (Fsp3) is 0.294. The number of para-hydroxylation sites is 1. The molecule has 0 aromatic heterocycles. The van der Waals surface area contributed by atoms with E-state index in [-0.39, 0.29) is 13.2 Å². The van der Waals surface area contributed by atoms with E-state index in [0.29, 0.717) is 13.1 Å². The van der Waals surface area contributed by atoms with Crippen molar-refractivity contribution in [3.63, 3.8) is 0 Å². The van der Waals surface area contributed by atoms with E-state index in [2.05, 4.69) is 15.9 Å². The van der Waals surface area contributed by atoms with Gasteiger partial charge in [0.25, 0.3) is 0 Å². The largest absolute Gasteiger partial charge is 0.491 e. The summed E-state index contributed by atoms with van der Waals surface area (Å²) >= 11 is 3.37. The molecule has 0 spiro atoms. The number of aliphatic hydroxyl groups is 2. The first-order chi connectivity index (χ1) is 10.7. The molecule has 0 bridgehead atoms. The molecule has 0 amide bonds. The summed E-state index contributed by atoms with van der Waals surface area (Å²) < 4.78 is 6.56. The van der Waals surface area contributed by atoms with E-state index >= 15 is 0 Å². The third kappa shape index (κ3) is 5.33. The van der Waals surface area contributed by atoms with Gasteiger partial charge in [0.1, 0.15) is 18.5 Å². The minimum absolute atomic E-state index is 0.0369. The summed E-state index contributed by atoms with van der Waals surface area (Å²) in [5.41, 5.74) is 0.972. The maximum absolute atomic E-state index is 10.2. The van der Waals surface area contributed by atoms with Gasteiger partial charge in [0, 0.05) is 23.2 Å². The van der Waals surface area contributed by atoms with Gasteiger partial charge in [0.2, 0.25) is 0 Å². The van der Waals surface area contributed by atoms with Crippen molar-refractivity contribution in [2.24, 2.45) is 0 Å². The van der Waals surface area contributed by atoms with Crippen LogP contribution in [0.25, 0.3) is 0 Å². The van der Waals surface area contributed by atoms with Gasteiger partial charge in [0.15, 0.2) is 0 Å². The minimum atomic E-state index is -0.643. The molecule has 2 aromatic rings. The number of nitrogens with zero attached hydrogens (tertiary/aromatic N) is 1. The lowest BCUT2D eigenvalue weighted by molar-refractivity contribution is 0.111. The van der Waals surface area contributed by atoms with Crippen LogP contribution in [0.5, 0.6) is 5.75 Å². The molecule has 0 aliphatic rings. The molecule has 1 unspecified atom stereocenters. The molecule has 4 nitrogen and oxygen atoms in total.